The van der Waals surface area contributed by atoms with Gasteiger partial charge in [0.1, 0.15) is 0 Å². The summed E-state index contributed by atoms with van der Waals surface area (Å²) in [5.74, 6) is -1.20. The molecule has 1 rings (SSSR count). The zero-order valence-electron chi connectivity index (χ0n) is 10.1. The summed E-state index contributed by atoms with van der Waals surface area (Å²) in [5.41, 5.74) is 0.420. The summed E-state index contributed by atoms with van der Waals surface area (Å²) in [6.45, 7) is 3.83. The molecule has 0 heterocycles. The lowest BCUT2D eigenvalue weighted by Gasteiger charge is -2.20. The molecule has 0 N–H and O–H groups in total. The Morgan fingerprint density at radius 1 is 0.944 bits per heavy atom. The van der Waals surface area contributed by atoms with Gasteiger partial charge in [0, 0.05) is 19.4 Å². The summed E-state index contributed by atoms with van der Waals surface area (Å²) in [6, 6.07) is 2.76. The van der Waals surface area contributed by atoms with Crippen molar-refractivity contribution in [1.29, 1.82) is 0 Å². The van der Waals surface area contributed by atoms with Gasteiger partial charge in [-0.25, -0.2) is 4.90 Å². The molecular weight excluding hydrogens is 277 g/mol. The fourth-order valence-electron chi connectivity index (χ4n) is 1.52. The van der Waals surface area contributed by atoms with Gasteiger partial charge in [0.15, 0.2) is 5.78 Å². The molecule has 0 radical (unpaired) electrons. The third-order valence-electron chi connectivity index (χ3n) is 2.28. The van der Waals surface area contributed by atoms with Crippen LogP contribution in [-0.2, 0) is 9.59 Å². The number of nitrogens with zero attached hydrogens (tertiary/aromatic N) is 1. The van der Waals surface area contributed by atoms with Crippen molar-refractivity contribution in [2.45, 2.75) is 20.8 Å². The van der Waals surface area contributed by atoms with E-state index >= 15 is 0 Å². The number of anilines is 1. The van der Waals surface area contributed by atoms with E-state index in [4.69, 9.17) is 23.2 Å². The van der Waals surface area contributed by atoms with E-state index in [1.165, 1.54) is 32.9 Å². The number of carbonyl (C=O) groups is 3. The van der Waals surface area contributed by atoms with Gasteiger partial charge in [0.05, 0.1) is 15.7 Å². The predicted octanol–water partition coefficient (Wildman–Crippen LogP) is 3.10. The first-order valence-electron chi connectivity index (χ1n) is 5.07. The maximum Gasteiger partial charge on any atom is 0.230 e. The van der Waals surface area contributed by atoms with E-state index in [9.17, 15) is 14.4 Å². The van der Waals surface area contributed by atoms with Crippen molar-refractivity contribution < 1.29 is 14.4 Å². The van der Waals surface area contributed by atoms with Crippen LogP contribution in [0.3, 0.4) is 0 Å². The fraction of sp³-hybridized carbons (Fsp3) is 0.250. The first kappa shape index (κ1) is 14.7. The van der Waals surface area contributed by atoms with Crippen LogP contribution in [0.1, 0.15) is 31.1 Å². The molecule has 0 aliphatic heterocycles. The fourth-order valence-corrected chi connectivity index (χ4v) is 2.18. The molecule has 0 atom stereocenters. The quantitative estimate of drug-likeness (QED) is 0.786. The Morgan fingerprint density at radius 3 is 1.61 bits per heavy atom. The standard InChI is InChI=1S/C12H11Cl2NO3/c1-6(16)9-4-10(13)12(11(14)5-9)15(7(2)17)8(3)18/h4-5H,1-3H3. The molecule has 0 saturated heterocycles. The van der Waals surface area contributed by atoms with Crippen LogP contribution in [-0.4, -0.2) is 17.6 Å². The van der Waals surface area contributed by atoms with E-state index < -0.39 is 11.8 Å². The third kappa shape index (κ3) is 2.89. The molecule has 0 unspecified atom stereocenters. The van der Waals surface area contributed by atoms with Crippen molar-refractivity contribution in [3.63, 3.8) is 0 Å². The molecule has 0 aliphatic rings. The smallest absolute Gasteiger partial charge is 0.230 e. The van der Waals surface area contributed by atoms with Crippen LogP contribution in [0.25, 0.3) is 0 Å². The molecule has 0 spiro atoms. The Bertz CT molecular complexity index is 503. The lowest BCUT2D eigenvalue weighted by Crippen LogP contribution is -2.33. The third-order valence-corrected chi connectivity index (χ3v) is 2.85. The number of halogens is 2. The van der Waals surface area contributed by atoms with Crippen molar-refractivity contribution >= 4 is 46.5 Å². The number of hydrogen-bond acceptors (Lipinski definition) is 3. The number of imide groups is 1. The highest BCUT2D eigenvalue weighted by Crippen LogP contribution is 2.35. The van der Waals surface area contributed by atoms with E-state index in [-0.39, 0.29) is 21.5 Å². The van der Waals surface area contributed by atoms with Crippen LogP contribution >= 0.6 is 23.2 Å². The molecule has 6 heteroatoms. The lowest BCUT2D eigenvalue weighted by molar-refractivity contribution is -0.124. The van der Waals surface area contributed by atoms with Crippen LogP contribution in [0, 0.1) is 0 Å². The largest absolute Gasteiger partial charge is 0.295 e. The Kier molecular flexibility index (Phi) is 4.48. The summed E-state index contributed by atoms with van der Waals surface area (Å²) >= 11 is 12.0. The number of carbonyl (C=O) groups excluding carboxylic acids is 3. The second kappa shape index (κ2) is 5.50. The topological polar surface area (TPSA) is 54.5 Å². The van der Waals surface area contributed by atoms with E-state index in [1.54, 1.807) is 0 Å². The number of amides is 2. The maximum atomic E-state index is 11.4. The summed E-state index contributed by atoms with van der Waals surface area (Å²) < 4.78 is 0. The molecule has 2 amide bonds. The van der Waals surface area contributed by atoms with Gasteiger partial charge in [0.2, 0.25) is 11.8 Å². The molecule has 0 saturated carbocycles. The van der Waals surface area contributed by atoms with Gasteiger partial charge in [-0.3, -0.25) is 14.4 Å². The number of rotatable bonds is 2. The first-order valence-corrected chi connectivity index (χ1v) is 5.82. The van der Waals surface area contributed by atoms with Crippen molar-refractivity contribution in [3.05, 3.63) is 27.7 Å². The van der Waals surface area contributed by atoms with Crippen LogP contribution in [0.2, 0.25) is 10.0 Å². The SMILES string of the molecule is CC(=O)c1cc(Cl)c(N(C(C)=O)C(C)=O)c(Cl)c1. The monoisotopic (exact) mass is 287 g/mol. The first-order chi connectivity index (χ1) is 8.25. The molecule has 1 aromatic carbocycles. The maximum absolute atomic E-state index is 11.4. The van der Waals surface area contributed by atoms with E-state index in [2.05, 4.69) is 0 Å². The number of ketones is 1. The van der Waals surface area contributed by atoms with E-state index in [0.29, 0.717) is 5.56 Å². The molecule has 0 aromatic heterocycles. The highest BCUT2D eigenvalue weighted by Gasteiger charge is 2.23. The molecular formula is C12H11Cl2NO3. The van der Waals surface area contributed by atoms with E-state index in [0.717, 1.165) is 4.90 Å². The van der Waals surface area contributed by atoms with Gasteiger partial charge < -0.3 is 0 Å². The Hall–Kier alpha value is -1.39. The summed E-state index contributed by atoms with van der Waals surface area (Å²) in [5, 5.41) is 0.163. The molecule has 18 heavy (non-hydrogen) atoms. The zero-order valence-corrected chi connectivity index (χ0v) is 11.6. The minimum Gasteiger partial charge on any atom is -0.295 e. The van der Waals surface area contributed by atoms with E-state index in [1.807, 2.05) is 0 Å². The van der Waals surface area contributed by atoms with Gasteiger partial charge in [0.25, 0.3) is 0 Å². The minimum absolute atomic E-state index is 0.0816. The molecule has 1 aromatic rings. The molecule has 0 fully saturated rings. The van der Waals surface area contributed by atoms with Crippen LogP contribution < -0.4 is 4.90 Å². The van der Waals surface area contributed by atoms with Crippen LogP contribution in [0.5, 0.6) is 0 Å². The Balaban J connectivity index is 3.46. The highest BCUT2D eigenvalue weighted by atomic mass is 35.5. The summed E-state index contributed by atoms with van der Waals surface area (Å²) in [6.07, 6.45) is 0. The predicted molar refractivity (Wildman–Crippen MR) is 70.3 cm³/mol. The molecule has 96 valence electrons. The summed E-state index contributed by atoms with van der Waals surface area (Å²) in [7, 11) is 0. The number of hydrogen-bond donors (Lipinski definition) is 0. The zero-order chi connectivity index (χ0) is 14.0. The van der Waals surface area contributed by atoms with Crippen molar-refractivity contribution in [2.24, 2.45) is 0 Å². The minimum atomic E-state index is -0.498. The number of benzene rings is 1. The molecule has 0 aliphatic carbocycles. The van der Waals surface area contributed by atoms with Gasteiger partial charge in [-0.2, -0.15) is 0 Å². The number of Topliss-reactive ketones (excluding diaryl/α,β-unsaturated/α-hetero) is 1. The van der Waals surface area contributed by atoms with Crippen LogP contribution in [0.4, 0.5) is 5.69 Å². The average Bonchev–Trinajstić information content (AvgIpc) is 2.21. The molecule has 4 nitrogen and oxygen atoms in total. The van der Waals surface area contributed by atoms with Gasteiger partial charge in [-0.1, -0.05) is 23.2 Å². The normalized spacial score (nSPS) is 10.1. The van der Waals surface area contributed by atoms with Crippen molar-refractivity contribution in [1.82, 2.24) is 0 Å². The van der Waals surface area contributed by atoms with Gasteiger partial charge in [-0.15, -0.1) is 0 Å². The van der Waals surface area contributed by atoms with Gasteiger partial charge >= 0.3 is 0 Å². The van der Waals surface area contributed by atoms with Crippen LogP contribution in [0.15, 0.2) is 12.1 Å². The Morgan fingerprint density at radius 2 is 1.33 bits per heavy atom. The van der Waals surface area contributed by atoms with Gasteiger partial charge in [-0.05, 0) is 19.1 Å². The summed E-state index contributed by atoms with van der Waals surface area (Å²) in [4.78, 5) is 35.0. The molecule has 0 bridgehead atoms. The average molecular weight is 288 g/mol. The van der Waals surface area contributed by atoms with Crippen molar-refractivity contribution in [2.75, 3.05) is 4.90 Å². The lowest BCUT2D eigenvalue weighted by atomic mass is 10.1. The second-order valence-electron chi connectivity index (χ2n) is 3.72. The Labute approximate surface area is 114 Å². The second-order valence-corrected chi connectivity index (χ2v) is 4.53. The highest BCUT2D eigenvalue weighted by molar-refractivity contribution is 6.41. The van der Waals surface area contributed by atoms with Crippen molar-refractivity contribution in [3.8, 4) is 0 Å².